The van der Waals surface area contributed by atoms with Crippen LogP contribution in [0.3, 0.4) is 0 Å². The quantitative estimate of drug-likeness (QED) is 0.534. The minimum atomic E-state index is 0.0931. The van der Waals surface area contributed by atoms with Crippen LogP contribution in [-0.4, -0.2) is 31.6 Å². The van der Waals surface area contributed by atoms with Crippen LogP contribution >= 0.6 is 11.3 Å². The summed E-state index contributed by atoms with van der Waals surface area (Å²) in [7, 11) is 1.94. The fourth-order valence-corrected chi connectivity index (χ4v) is 3.46. The van der Waals surface area contributed by atoms with E-state index in [4.69, 9.17) is 4.74 Å². The Bertz CT molecular complexity index is 934. The molecule has 0 aliphatic rings. The first-order valence-electron chi connectivity index (χ1n) is 9.05. The normalized spacial score (nSPS) is 10.9. The van der Waals surface area contributed by atoms with E-state index in [9.17, 15) is 9.90 Å². The van der Waals surface area contributed by atoms with E-state index >= 15 is 0 Å². The number of carbonyl (C=O) groups is 1. The number of aliphatic hydroxyl groups is 1. The van der Waals surface area contributed by atoms with Gasteiger partial charge in [-0.2, -0.15) is 0 Å². The van der Waals surface area contributed by atoms with Gasteiger partial charge in [-0.25, -0.2) is 0 Å². The Hall–Kier alpha value is -2.89. The van der Waals surface area contributed by atoms with Crippen LogP contribution < -0.4 is 9.64 Å². The summed E-state index contributed by atoms with van der Waals surface area (Å²) >= 11 is 1.45. The lowest BCUT2D eigenvalue weighted by Crippen LogP contribution is -2.21. The second-order valence-electron chi connectivity index (χ2n) is 6.33. The first-order valence-corrected chi connectivity index (χ1v) is 9.87. The minimum Gasteiger partial charge on any atom is -0.488 e. The number of benzene rings is 2. The molecule has 0 spiro atoms. The molecule has 3 rings (SSSR count). The topological polar surface area (TPSA) is 49.8 Å². The summed E-state index contributed by atoms with van der Waals surface area (Å²) in [4.78, 5) is 14.6. The molecule has 4 nitrogen and oxygen atoms in total. The van der Waals surface area contributed by atoms with Gasteiger partial charge < -0.3 is 14.7 Å². The van der Waals surface area contributed by atoms with E-state index in [2.05, 4.69) is 0 Å². The van der Waals surface area contributed by atoms with Crippen molar-refractivity contribution >= 4 is 35.5 Å². The first-order chi connectivity index (χ1) is 13.7. The zero-order valence-corrected chi connectivity index (χ0v) is 16.6. The van der Waals surface area contributed by atoms with Crippen molar-refractivity contribution in [1.29, 1.82) is 0 Å². The van der Waals surface area contributed by atoms with Crippen molar-refractivity contribution in [3.8, 4) is 5.75 Å². The van der Waals surface area contributed by atoms with Crippen LogP contribution in [0.5, 0.6) is 5.75 Å². The van der Waals surface area contributed by atoms with Gasteiger partial charge in [-0.15, -0.1) is 11.3 Å². The maximum absolute atomic E-state index is 10.9. The Morgan fingerprint density at radius 1 is 1.04 bits per heavy atom. The minimum absolute atomic E-state index is 0.0931. The van der Waals surface area contributed by atoms with Gasteiger partial charge in [0, 0.05) is 35.8 Å². The van der Waals surface area contributed by atoms with Crippen molar-refractivity contribution in [2.24, 2.45) is 0 Å². The van der Waals surface area contributed by atoms with Gasteiger partial charge in [0.2, 0.25) is 0 Å². The molecule has 0 saturated heterocycles. The number of rotatable bonds is 9. The van der Waals surface area contributed by atoms with Gasteiger partial charge in [0.15, 0.2) is 6.29 Å². The van der Waals surface area contributed by atoms with Crippen LogP contribution in [0.1, 0.15) is 25.7 Å². The number of nitrogens with zero attached hydrogens (tertiary/aromatic N) is 1. The molecule has 28 heavy (non-hydrogen) atoms. The fourth-order valence-electron chi connectivity index (χ4n) is 2.73. The maximum Gasteiger partial charge on any atom is 0.160 e. The smallest absolute Gasteiger partial charge is 0.160 e. The van der Waals surface area contributed by atoms with Gasteiger partial charge in [-0.05, 0) is 42.0 Å². The molecule has 0 saturated carbocycles. The maximum atomic E-state index is 10.9. The third-order valence-corrected chi connectivity index (χ3v) is 5.28. The molecule has 3 aromatic rings. The van der Waals surface area contributed by atoms with E-state index in [1.807, 2.05) is 84.8 Å². The van der Waals surface area contributed by atoms with Crippen molar-refractivity contribution in [3.05, 3.63) is 81.5 Å². The summed E-state index contributed by atoms with van der Waals surface area (Å²) in [6.07, 6.45) is 4.85. The molecule has 144 valence electrons. The molecule has 1 heterocycles. The Morgan fingerprint density at radius 2 is 1.82 bits per heavy atom. The lowest BCUT2D eigenvalue weighted by Gasteiger charge is -2.20. The van der Waals surface area contributed by atoms with Crippen molar-refractivity contribution in [2.45, 2.75) is 6.61 Å². The van der Waals surface area contributed by atoms with Crippen molar-refractivity contribution in [1.82, 2.24) is 0 Å². The van der Waals surface area contributed by atoms with Crippen molar-refractivity contribution in [2.75, 3.05) is 25.1 Å². The molecular weight excluding hydrogens is 370 g/mol. The summed E-state index contributed by atoms with van der Waals surface area (Å²) in [5, 5.41) is 9.20. The van der Waals surface area contributed by atoms with Crippen LogP contribution in [-0.2, 0) is 6.61 Å². The molecular formula is C23H23NO3S. The Morgan fingerprint density at radius 3 is 2.54 bits per heavy atom. The second kappa shape index (κ2) is 9.88. The number of ether oxygens (including phenoxy) is 1. The van der Waals surface area contributed by atoms with Crippen LogP contribution in [0, 0.1) is 0 Å². The largest absolute Gasteiger partial charge is 0.488 e. The highest BCUT2D eigenvalue weighted by molar-refractivity contribution is 7.14. The molecule has 5 heteroatoms. The van der Waals surface area contributed by atoms with Gasteiger partial charge in [0.25, 0.3) is 0 Å². The highest BCUT2D eigenvalue weighted by Gasteiger charge is 2.07. The average Bonchev–Trinajstić information content (AvgIpc) is 3.20. The van der Waals surface area contributed by atoms with Gasteiger partial charge in [0.05, 0.1) is 11.5 Å². The average molecular weight is 394 g/mol. The molecule has 0 unspecified atom stereocenters. The Labute approximate surface area is 169 Å². The molecule has 0 amide bonds. The van der Waals surface area contributed by atoms with Crippen LogP contribution in [0.15, 0.2) is 60.7 Å². The number of anilines is 1. The van der Waals surface area contributed by atoms with Crippen LogP contribution in [0.4, 0.5) is 5.69 Å². The third kappa shape index (κ3) is 5.31. The number of carbonyl (C=O) groups excluding carboxylic acids is 1. The lowest BCUT2D eigenvalue weighted by molar-refractivity contribution is 0.112. The highest BCUT2D eigenvalue weighted by atomic mass is 32.1. The van der Waals surface area contributed by atoms with E-state index in [1.54, 1.807) is 0 Å². The first kappa shape index (κ1) is 19.9. The van der Waals surface area contributed by atoms with E-state index in [0.29, 0.717) is 18.0 Å². The predicted molar refractivity (Wildman–Crippen MR) is 116 cm³/mol. The molecule has 1 aromatic heterocycles. The molecule has 0 bridgehead atoms. The summed E-state index contributed by atoms with van der Waals surface area (Å²) in [5.74, 6) is 0.773. The predicted octanol–water partition coefficient (Wildman–Crippen LogP) is 4.74. The third-order valence-electron chi connectivity index (χ3n) is 4.30. The summed E-state index contributed by atoms with van der Waals surface area (Å²) in [6.45, 7) is 1.12. The van der Waals surface area contributed by atoms with E-state index in [1.165, 1.54) is 11.3 Å². The van der Waals surface area contributed by atoms with Gasteiger partial charge in [0.1, 0.15) is 12.4 Å². The molecule has 2 aromatic carbocycles. The van der Waals surface area contributed by atoms with E-state index in [0.717, 1.165) is 33.7 Å². The standard InChI is InChI=1S/C23H23NO3S/c1-24(13-14-25)20-9-7-19(8-10-21-11-12-22(16-26)28-21)23(15-20)27-17-18-5-3-2-4-6-18/h2-12,15-16,25H,13-14,17H2,1H3. The Kier molecular flexibility index (Phi) is 7.00. The molecule has 0 radical (unpaired) electrons. The number of thiophene rings is 1. The van der Waals surface area contributed by atoms with Crippen molar-refractivity contribution < 1.29 is 14.6 Å². The van der Waals surface area contributed by atoms with E-state index in [-0.39, 0.29) is 6.61 Å². The molecule has 0 fully saturated rings. The van der Waals surface area contributed by atoms with Crippen LogP contribution in [0.2, 0.25) is 0 Å². The highest BCUT2D eigenvalue weighted by Crippen LogP contribution is 2.28. The number of hydrogen-bond acceptors (Lipinski definition) is 5. The van der Waals surface area contributed by atoms with Gasteiger partial charge >= 0.3 is 0 Å². The molecule has 0 aliphatic heterocycles. The SMILES string of the molecule is CN(CCO)c1ccc(C=Cc2ccc(C=O)s2)c(OCc2ccccc2)c1. The summed E-state index contributed by atoms with van der Waals surface area (Å²) < 4.78 is 6.11. The summed E-state index contributed by atoms with van der Waals surface area (Å²) in [5.41, 5.74) is 3.03. The second-order valence-corrected chi connectivity index (χ2v) is 7.48. The molecule has 0 atom stereocenters. The van der Waals surface area contributed by atoms with Gasteiger partial charge in [-0.3, -0.25) is 4.79 Å². The van der Waals surface area contributed by atoms with E-state index < -0.39 is 0 Å². The van der Waals surface area contributed by atoms with Gasteiger partial charge in [-0.1, -0.05) is 30.3 Å². The number of aliphatic hydroxyl groups excluding tert-OH is 1. The van der Waals surface area contributed by atoms with Crippen molar-refractivity contribution in [3.63, 3.8) is 0 Å². The molecule has 0 aliphatic carbocycles. The monoisotopic (exact) mass is 393 g/mol. The van der Waals surface area contributed by atoms with Crippen LogP contribution in [0.25, 0.3) is 12.2 Å². The summed E-state index contributed by atoms with van der Waals surface area (Å²) in [6, 6.07) is 19.8. The fraction of sp³-hybridized carbons (Fsp3) is 0.174. The Balaban J connectivity index is 1.84. The number of likely N-dealkylation sites (N-methyl/N-ethyl adjacent to an activating group) is 1. The zero-order chi connectivity index (χ0) is 19.8. The molecule has 1 N–H and O–H groups in total. The number of aldehydes is 1. The number of hydrogen-bond donors (Lipinski definition) is 1. The lowest BCUT2D eigenvalue weighted by atomic mass is 10.1. The zero-order valence-electron chi connectivity index (χ0n) is 15.7.